The summed E-state index contributed by atoms with van der Waals surface area (Å²) in [6.07, 6.45) is 11.2. The van der Waals surface area contributed by atoms with Gasteiger partial charge in [-0.1, -0.05) is 36.4 Å². The number of ether oxygens (including phenoxy) is 1. The number of methoxy groups -OCH3 is 1. The molecule has 1 fully saturated rings. The molecule has 2 N–H and O–H groups in total. The van der Waals surface area contributed by atoms with Gasteiger partial charge in [0, 0.05) is 29.6 Å². The first-order valence-corrected chi connectivity index (χ1v) is 12.3. The van der Waals surface area contributed by atoms with E-state index in [-0.39, 0.29) is 17.9 Å². The van der Waals surface area contributed by atoms with Crippen LogP contribution in [0, 0.1) is 18.7 Å². The Morgan fingerprint density at radius 1 is 1.17 bits per heavy atom. The molecule has 35 heavy (non-hydrogen) atoms. The fourth-order valence-electron chi connectivity index (χ4n) is 5.34. The lowest BCUT2D eigenvalue weighted by Crippen LogP contribution is -2.39. The topological polar surface area (TPSA) is 46.2 Å². The second-order valence-corrected chi connectivity index (χ2v) is 9.44. The monoisotopic (exact) mass is 469 g/mol. The largest absolute Gasteiger partial charge is 0.495 e. The second kappa shape index (κ2) is 10.0. The number of pyridine rings is 1. The van der Waals surface area contributed by atoms with Gasteiger partial charge in [-0.05, 0) is 79.1 Å². The molecule has 1 saturated heterocycles. The fourth-order valence-corrected chi connectivity index (χ4v) is 5.34. The number of aromatic nitrogens is 1. The minimum Gasteiger partial charge on any atom is -0.495 e. The van der Waals surface area contributed by atoms with Crippen molar-refractivity contribution in [2.24, 2.45) is 5.92 Å². The van der Waals surface area contributed by atoms with E-state index in [9.17, 15) is 0 Å². The van der Waals surface area contributed by atoms with E-state index in [0.717, 1.165) is 48.2 Å². The summed E-state index contributed by atoms with van der Waals surface area (Å²) in [5.74, 6) is 0.863. The molecule has 3 heterocycles. The van der Waals surface area contributed by atoms with Crippen LogP contribution in [-0.2, 0) is 0 Å². The third-order valence-electron chi connectivity index (χ3n) is 7.22. The van der Waals surface area contributed by atoms with Crippen molar-refractivity contribution in [2.45, 2.75) is 38.3 Å². The van der Waals surface area contributed by atoms with Crippen LogP contribution in [0.1, 0.15) is 42.0 Å². The molecule has 3 unspecified atom stereocenters. The molecule has 2 aliphatic rings. The molecule has 0 radical (unpaired) electrons. The Labute approximate surface area is 206 Å². The highest BCUT2D eigenvalue weighted by molar-refractivity contribution is 5.88. The molecule has 2 aliphatic heterocycles. The minimum atomic E-state index is -0.194. The van der Waals surface area contributed by atoms with Crippen molar-refractivity contribution in [3.8, 4) is 16.9 Å². The van der Waals surface area contributed by atoms with E-state index in [0.29, 0.717) is 22.8 Å². The Morgan fingerprint density at radius 2 is 2.06 bits per heavy atom. The molecule has 3 atom stereocenters. The summed E-state index contributed by atoms with van der Waals surface area (Å²) in [5.41, 5.74) is 6.40. The van der Waals surface area contributed by atoms with Gasteiger partial charge in [0.2, 0.25) is 0 Å². The summed E-state index contributed by atoms with van der Waals surface area (Å²) in [4.78, 5) is 4.34. The lowest BCUT2D eigenvalue weighted by molar-refractivity contribution is 0.376. The van der Waals surface area contributed by atoms with Crippen molar-refractivity contribution in [1.82, 2.24) is 10.3 Å². The Bertz CT molecular complexity index is 1250. The van der Waals surface area contributed by atoms with E-state index >= 15 is 4.39 Å². The van der Waals surface area contributed by atoms with E-state index in [1.807, 2.05) is 36.5 Å². The van der Waals surface area contributed by atoms with Crippen LogP contribution in [0.25, 0.3) is 16.7 Å². The van der Waals surface area contributed by atoms with E-state index < -0.39 is 0 Å². The summed E-state index contributed by atoms with van der Waals surface area (Å²) in [5, 5.41) is 7.28. The first-order chi connectivity index (χ1) is 17.1. The third kappa shape index (κ3) is 4.61. The van der Waals surface area contributed by atoms with Crippen LogP contribution in [0.3, 0.4) is 0 Å². The summed E-state index contributed by atoms with van der Waals surface area (Å²) in [6, 6.07) is 13.9. The van der Waals surface area contributed by atoms with Gasteiger partial charge in [0.1, 0.15) is 11.6 Å². The van der Waals surface area contributed by atoms with Gasteiger partial charge in [-0.25, -0.2) is 4.39 Å². The van der Waals surface area contributed by atoms with Crippen molar-refractivity contribution in [1.29, 1.82) is 0 Å². The van der Waals surface area contributed by atoms with Gasteiger partial charge in [-0.2, -0.15) is 0 Å². The zero-order valence-electron chi connectivity index (χ0n) is 20.4. The molecule has 0 saturated carbocycles. The van der Waals surface area contributed by atoms with Gasteiger partial charge in [0.25, 0.3) is 0 Å². The number of halogens is 1. The lowest BCUT2D eigenvalue weighted by atomic mass is 9.82. The van der Waals surface area contributed by atoms with Crippen LogP contribution in [0.4, 0.5) is 10.1 Å². The highest BCUT2D eigenvalue weighted by Gasteiger charge is 2.29. The average molecular weight is 470 g/mol. The molecular weight excluding hydrogens is 437 g/mol. The molecule has 2 aromatic carbocycles. The van der Waals surface area contributed by atoms with Crippen LogP contribution in [0.15, 0.2) is 73.6 Å². The zero-order valence-corrected chi connectivity index (χ0v) is 20.4. The summed E-state index contributed by atoms with van der Waals surface area (Å²) in [7, 11) is 1.67. The van der Waals surface area contributed by atoms with Gasteiger partial charge in [0.05, 0.1) is 18.8 Å². The number of fused-ring (bicyclic) bond motifs is 1. The first kappa shape index (κ1) is 23.3. The molecule has 3 aromatic rings. The van der Waals surface area contributed by atoms with E-state index in [1.54, 1.807) is 26.3 Å². The van der Waals surface area contributed by atoms with Gasteiger partial charge in [-0.3, -0.25) is 4.98 Å². The number of rotatable bonds is 5. The molecule has 180 valence electrons. The van der Waals surface area contributed by atoms with Crippen molar-refractivity contribution >= 4 is 11.3 Å². The van der Waals surface area contributed by atoms with Gasteiger partial charge in [-0.15, -0.1) is 6.58 Å². The maximum absolute atomic E-state index is 15.1. The Balaban J connectivity index is 1.67. The SMILES string of the molecule is C=CC1NCCCC1/C=C1\CC(c2cccnc2)Nc2c(OC)cc(-c3cccc(C)c3F)cc21. The number of anilines is 1. The van der Waals surface area contributed by atoms with Gasteiger partial charge < -0.3 is 15.4 Å². The molecule has 1 aromatic heterocycles. The maximum Gasteiger partial charge on any atom is 0.143 e. The van der Waals surface area contributed by atoms with Crippen LogP contribution < -0.4 is 15.4 Å². The van der Waals surface area contributed by atoms with Gasteiger partial charge >= 0.3 is 0 Å². The summed E-state index contributed by atoms with van der Waals surface area (Å²) >= 11 is 0. The van der Waals surface area contributed by atoms with E-state index in [2.05, 4.69) is 40.4 Å². The average Bonchev–Trinajstić information content (AvgIpc) is 2.90. The second-order valence-electron chi connectivity index (χ2n) is 9.44. The molecule has 0 spiro atoms. The van der Waals surface area contributed by atoms with Crippen LogP contribution in [0.2, 0.25) is 0 Å². The molecule has 5 rings (SSSR count). The van der Waals surface area contributed by atoms with Crippen LogP contribution in [0.5, 0.6) is 5.75 Å². The first-order valence-electron chi connectivity index (χ1n) is 12.3. The predicted molar refractivity (Wildman–Crippen MR) is 141 cm³/mol. The summed E-state index contributed by atoms with van der Waals surface area (Å²) < 4.78 is 21.0. The Morgan fingerprint density at radius 3 is 2.83 bits per heavy atom. The minimum absolute atomic E-state index is 0.0663. The maximum atomic E-state index is 15.1. The summed E-state index contributed by atoms with van der Waals surface area (Å²) in [6.45, 7) is 6.87. The Hall–Kier alpha value is -3.44. The van der Waals surface area contributed by atoms with E-state index in [4.69, 9.17) is 4.74 Å². The molecule has 0 aliphatic carbocycles. The molecular formula is C30H32FN3O. The highest BCUT2D eigenvalue weighted by Crippen LogP contribution is 2.47. The third-order valence-corrected chi connectivity index (χ3v) is 7.22. The predicted octanol–water partition coefficient (Wildman–Crippen LogP) is 6.70. The van der Waals surface area contributed by atoms with Crippen molar-refractivity contribution in [2.75, 3.05) is 19.0 Å². The van der Waals surface area contributed by atoms with E-state index in [1.165, 1.54) is 5.57 Å². The number of aryl methyl sites for hydroxylation is 1. The Kier molecular flexibility index (Phi) is 6.69. The number of piperidine rings is 1. The number of hydrogen-bond acceptors (Lipinski definition) is 4. The van der Waals surface area contributed by atoms with Crippen molar-refractivity contribution in [3.05, 3.63) is 96.1 Å². The molecule has 5 heteroatoms. The molecule has 0 amide bonds. The van der Waals surface area contributed by atoms with Crippen molar-refractivity contribution in [3.63, 3.8) is 0 Å². The standard InChI is InChI=1S/C30H32FN3O/c1-4-26-20(9-7-13-33-26)14-22-16-27(21-10-6-12-32-18-21)34-30-25(22)15-23(17-28(30)35-3)24-11-5-8-19(2)29(24)31/h4-6,8,10-12,14-15,17-18,20,26-27,33-34H,1,7,9,13,16H2,2-3H3/b22-14+. The number of nitrogens with zero attached hydrogens (tertiary/aromatic N) is 1. The molecule has 0 bridgehead atoms. The normalized spacial score (nSPS) is 22.8. The van der Waals surface area contributed by atoms with Crippen LogP contribution >= 0.6 is 0 Å². The van der Waals surface area contributed by atoms with Crippen LogP contribution in [-0.4, -0.2) is 24.7 Å². The lowest BCUT2D eigenvalue weighted by Gasteiger charge is -2.34. The number of nitrogens with one attached hydrogen (secondary N) is 2. The quantitative estimate of drug-likeness (QED) is 0.408. The highest BCUT2D eigenvalue weighted by atomic mass is 19.1. The number of hydrogen-bond donors (Lipinski definition) is 2. The smallest absolute Gasteiger partial charge is 0.143 e. The molecule has 4 nitrogen and oxygen atoms in total. The zero-order chi connectivity index (χ0) is 24.4. The van der Waals surface area contributed by atoms with Gasteiger partial charge in [0.15, 0.2) is 0 Å². The van der Waals surface area contributed by atoms with Crippen molar-refractivity contribution < 1.29 is 9.13 Å². The fraction of sp³-hybridized carbons (Fsp3) is 0.300. The number of benzene rings is 2.